The molecule has 0 aliphatic carbocycles. The Hall–Kier alpha value is -3.44. The van der Waals surface area contributed by atoms with Crippen LogP contribution >= 0.6 is 46.6 Å². The number of thioether (sulfide) groups is 1. The number of fused-ring (bicyclic) bond motifs is 4. The second kappa shape index (κ2) is 12.1. The minimum Gasteiger partial charge on any atom is -0.289 e. The molecule has 0 radical (unpaired) electrons. The molecule has 0 unspecified atom stereocenters. The Balaban J connectivity index is 0.000000167. The van der Waals surface area contributed by atoms with Crippen molar-refractivity contribution < 1.29 is 26.4 Å². The van der Waals surface area contributed by atoms with E-state index in [-0.39, 0.29) is 68.5 Å². The molecule has 2 heterocycles. The highest BCUT2D eigenvalue weighted by atomic mass is 35.5. The first-order valence-electron chi connectivity index (χ1n) is 13.2. The van der Waals surface area contributed by atoms with Crippen LogP contribution in [-0.4, -0.2) is 28.4 Å². The molecule has 7 rings (SSSR count). The van der Waals surface area contributed by atoms with Crippen LogP contribution in [0, 0.1) is 0 Å². The zero-order valence-electron chi connectivity index (χ0n) is 22.8. The minimum atomic E-state index is -3.84. The number of sulfone groups is 2. The lowest BCUT2D eigenvalue weighted by Gasteiger charge is -2.21. The SMILES string of the molecule is O=C1c2ccccc2S(=O)(=O)c2c1ccc(Cl)c2Cl.O=C1c2ccccc2S(=O)(=O)c2c1ccc(SCc1ccccc1)c2Cl. The summed E-state index contributed by atoms with van der Waals surface area (Å²) in [5.74, 6) is -0.0184. The fraction of sp³-hybridized carbons (Fsp3) is 0.0303. The zero-order valence-corrected chi connectivity index (χ0v) is 27.5. The van der Waals surface area contributed by atoms with Gasteiger partial charge in [-0.05, 0) is 54.1 Å². The number of hydrogen-bond acceptors (Lipinski definition) is 7. The highest BCUT2D eigenvalue weighted by Gasteiger charge is 2.38. The Morgan fingerprint density at radius 1 is 0.511 bits per heavy atom. The molecule has 0 bridgehead atoms. The van der Waals surface area contributed by atoms with E-state index in [1.54, 1.807) is 36.4 Å². The van der Waals surface area contributed by atoms with E-state index < -0.39 is 19.7 Å². The first kappa shape index (κ1) is 31.5. The number of carbonyl (C=O) groups excluding carboxylic acids is 2. The molecular formula is C33H19Cl3O6S3. The summed E-state index contributed by atoms with van der Waals surface area (Å²) in [7, 11) is -7.66. The molecular weight excluding hydrogens is 695 g/mol. The average molecular weight is 714 g/mol. The van der Waals surface area contributed by atoms with E-state index in [1.165, 1.54) is 48.2 Å². The van der Waals surface area contributed by atoms with Crippen molar-refractivity contribution in [2.45, 2.75) is 30.2 Å². The number of hydrogen-bond donors (Lipinski definition) is 0. The maximum atomic E-state index is 13.0. The lowest BCUT2D eigenvalue weighted by atomic mass is 10.0. The van der Waals surface area contributed by atoms with Gasteiger partial charge in [-0.3, -0.25) is 9.59 Å². The lowest BCUT2D eigenvalue weighted by Crippen LogP contribution is -2.20. The van der Waals surface area contributed by atoms with Gasteiger partial charge < -0.3 is 0 Å². The second-order valence-corrected chi connectivity index (χ2v) is 15.8. The molecule has 5 aromatic carbocycles. The second-order valence-electron chi connectivity index (χ2n) is 9.92. The average Bonchev–Trinajstić information content (AvgIpc) is 3.04. The monoisotopic (exact) mass is 712 g/mol. The van der Waals surface area contributed by atoms with Gasteiger partial charge in [-0.2, -0.15) is 0 Å². The van der Waals surface area contributed by atoms with E-state index in [1.807, 2.05) is 30.3 Å². The van der Waals surface area contributed by atoms with E-state index in [0.29, 0.717) is 10.6 Å². The van der Waals surface area contributed by atoms with Gasteiger partial charge in [-0.1, -0.05) is 89.4 Å². The summed E-state index contributed by atoms with van der Waals surface area (Å²) in [6.07, 6.45) is 0. The predicted octanol–water partition coefficient (Wildman–Crippen LogP) is 8.38. The van der Waals surface area contributed by atoms with E-state index >= 15 is 0 Å². The van der Waals surface area contributed by atoms with Crippen molar-refractivity contribution in [3.05, 3.63) is 146 Å². The summed E-state index contributed by atoms with van der Waals surface area (Å²) in [4.78, 5) is 25.3. The summed E-state index contributed by atoms with van der Waals surface area (Å²) >= 11 is 19.7. The molecule has 0 N–H and O–H groups in total. The van der Waals surface area contributed by atoms with Crippen molar-refractivity contribution >= 4 is 77.8 Å². The molecule has 0 spiro atoms. The van der Waals surface area contributed by atoms with E-state index in [0.717, 1.165) is 5.56 Å². The molecule has 2 aliphatic heterocycles. The highest BCUT2D eigenvalue weighted by molar-refractivity contribution is 7.98. The lowest BCUT2D eigenvalue weighted by molar-refractivity contribution is 0.102. The highest BCUT2D eigenvalue weighted by Crippen LogP contribution is 2.43. The summed E-state index contributed by atoms with van der Waals surface area (Å²) in [6.45, 7) is 0. The maximum absolute atomic E-state index is 13.0. The Kier molecular flexibility index (Phi) is 8.45. The van der Waals surface area contributed by atoms with Crippen molar-refractivity contribution in [2.24, 2.45) is 0 Å². The first-order chi connectivity index (χ1) is 21.4. The van der Waals surface area contributed by atoms with Crippen LogP contribution in [0.15, 0.2) is 128 Å². The fourth-order valence-electron chi connectivity index (χ4n) is 5.09. The number of ketones is 2. The van der Waals surface area contributed by atoms with Crippen molar-refractivity contribution in [3.8, 4) is 0 Å². The quantitative estimate of drug-likeness (QED) is 0.170. The normalized spacial score (nSPS) is 15.1. The third-order valence-electron chi connectivity index (χ3n) is 7.22. The van der Waals surface area contributed by atoms with Crippen LogP contribution in [0.4, 0.5) is 0 Å². The molecule has 0 atom stereocenters. The van der Waals surface area contributed by atoms with Crippen LogP contribution in [0.3, 0.4) is 0 Å². The van der Waals surface area contributed by atoms with Crippen molar-refractivity contribution in [1.82, 2.24) is 0 Å². The van der Waals surface area contributed by atoms with Gasteiger partial charge in [-0.15, -0.1) is 11.8 Å². The standard InChI is InChI=1S/C20H13ClO3S2.C13H6Cl2O3S/c21-18-16(25-12-13-6-2-1-3-7-13)11-10-15-19(22)14-8-4-5-9-17(14)26(23,24)20(15)18;14-9-6-5-8-12(16)7-3-1-2-4-10(7)19(17,18)13(8)11(9)15/h1-11H,12H2;1-6H. The molecule has 6 nitrogen and oxygen atoms in total. The van der Waals surface area contributed by atoms with Crippen LogP contribution in [0.1, 0.15) is 37.4 Å². The fourth-order valence-corrected chi connectivity index (χ4v) is 10.8. The van der Waals surface area contributed by atoms with Crippen molar-refractivity contribution in [1.29, 1.82) is 0 Å². The number of rotatable bonds is 3. The van der Waals surface area contributed by atoms with Gasteiger partial charge >= 0.3 is 0 Å². The van der Waals surface area contributed by atoms with Crippen molar-refractivity contribution in [3.63, 3.8) is 0 Å². The van der Waals surface area contributed by atoms with Gasteiger partial charge in [0.05, 0.1) is 24.9 Å². The number of benzene rings is 5. The zero-order chi connectivity index (χ0) is 32.1. The molecule has 45 heavy (non-hydrogen) atoms. The third kappa shape index (κ3) is 5.41. The van der Waals surface area contributed by atoms with Gasteiger partial charge in [0.1, 0.15) is 9.79 Å². The first-order valence-corrected chi connectivity index (χ1v) is 18.3. The molecule has 0 amide bonds. The van der Waals surface area contributed by atoms with Crippen LogP contribution in [0.5, 0.6) is 0 Å². The summed E-state index contributed by atoms with van der Waals surface area (Å²) < 4.78 is 51.1. The molecule has 0 aromatic heterocycles. The van der Waals surface area contributed by atoms with Gasteiger partial charge in [0.25, 0.3) is 0 Å². The molecule has 0 fully saturated rings. The molecule has 12 heteroatoms. The predicted molar refractivity (Wildman–Crippen MR) is 175 cm³/mol. The van der Waals surface area contributed by atoms with Gasteiger partial charge in [0, 0.05) is 32.9 Å². The maximum Gasteiger partial charge on any atom is 0.209 e. The van der Waals surface area contributed by atoms with Gasteiger partial charge in [0.2, 0.25) is 19.7 Å². The smallest absolute Gasteiger partial charge is 0.209 e. The molecule has 226 valence electrons. The van der Waals surface area contributed by atoms with Crippen LogP contribution in [0.25, 0.3) is 0 Å². The van der Waals surface area contributed by atoms with E-state index in [9.17, 15) is 26.4 Å². The molecule has 2 aliphatic rings. The summed E-state index contributed by atoms with van der Waals surface area (Å²) in [5.41, 5.74) is 1.66. The molecule has 0 saturated carbocycles. The van der Waals surface area contributed by atoms with E-state index in [4.69, 9.17) is 34.8 Å². The Morgan fingerprint density at radius 2 is 0.978 bits per heavy atom. The Morgan fingerprint density at radius 3 is 1.53 bits per heavy atom. The van der Waals surface area contributed by atoms with E-state index in [2.05, 4.69) is 0 Å². The minimum absolute atomic E-state index is 0.0182. The number of carbonyl (C=O) groups is 2. The van der Waals surface area contributed by atoms with Crippen molar-refractivity contribution in [2.75, 3.05) is 0 Å². The van der Waals surface area contributed by atoms with Crippen LogP contribution in [0.2, 0.25) is 15.1 Å². The largest absolute Gasteiger partial charge is 0.289 e. The summed E-state index contributed by atoms with van der Waals surface area (Å²) in [5, 5.41) is 0.115. The molecule has 5 aromatic rings. The molecule has 0 saturated heterocycles. The number of halogens is 3. The Labute approximate surface area is 278 Å². The van der Waals surface area contributed by atoms with Crippen LogP contribution < -0.4 is 0 Å². The Bertz CT molecular complexity index is 2270. The van der Waals surface area contributed by atoms with Gasteiger partial charge in [-0.25, -0.2) is 16.8 Å². The van der Waals surface area contributed by atoms with Gasteiger partial charge in [0.15, 0.2) is 11.6 Å². The summed E-state index contributed by atoms with van der Waals surface area (Å²) in [6, 6.07) is 28.2. The topological polar surface area (TPSA) is 102 Å². The third-order valence-corrected chi connectivity index (χ3v) is 13.7. The van der Waals surface area contributed by atoms with Crippen LogP contribution in [-0.2, 0) is 25.4 Å².